The van der Waals surface area contributed by atoms with Gasteiger partial charge in [-0.1, -0.05) is 51.4 Å². The molecular formula is C21H29NO2. The third kappa shape index (κ3) is 2.78. The van der Waals surface area contributed by atoms with E-state index in [2.05, 4.69) is 32.9 Å². The van der Waals surface area contributed by atoms with E-state index < -0.39 is 0 Å². The van der Waals surface area contributed by atoms with Crippen LogP contribution in [0.25, 0.3) is 0 Å². The number of carbonyl (C=O) groups is 1. The Bertz CT molecular complexity index is 644. The molecule has 2 aliphatic rings. The van der Waals surface area contributed by atoms with Gasteiger partial charge < -0.3 is 4.84 Å². The maximum absolute atomic E-state index is 12.3. The van der Waals surface area contributed by atoms with Crippen molar-refractivity contribution in [3.05, 3.63) is 35.4 Å². The third-order valence-electron chi connectivity index (χ3n) is 6.76. The van der Waals surface area contributed by atoms with Crippen molar-refractivity contribution in [2.75, 3.05) is 0 Å². The number of unbranched alkanes of at least 4 members (excludes halogenated alkanes) is 1. The van der Waals surface area contributed by atoms with E-state index in [1.54, 1.807) is 0 Å². The van der Waals surface area contributed by atoms with Gasteiger partial charge in [0, 0.05) is 5.41 Å². The van der Waals surface area contributed by atoms with E-state index in [1.807, 2.05) is 24.3 Å². The number of carbonyl (C=O) groups excluding carboxylic acids is 1. The second-order valence-corrected chi connectivity index (χ2v) is 8.21. The predicted octanol–water partition coefficient (Wildman–Crippen LogP) is 5.39. The van der Waals surface area contributed by atoms with Crippen molar-refractivity contribution in [1.29, 1.82) is 0 Å². The van der Waals surface area contributed by atoms with Gasteiger partial charge >= 0.3 is 5.97 Å². The van der Waals surface area contributed by atoms with Crippen LogP contribution in [0.5, 0.6) is 0 Å². The first-order valence-corrected chi connectivity index (χ1v) is 9.26. The van der Waals surface area contributed by atoms with Gasteiger partial charge in [0.05, 0.1) is 11.3 Å². The summed E-state index contributed by atoms with van der Waals surface area (Å²) in [6.45, 7) is 9.10. The Kier molecular flexibility index (Phi) is 4.54. The number of fused-ring (bicyclic) bond motifs is 2. The molecule has 24 heavy (non-hydrogen) atoms. The molecule has 2 saturated carbocycles. The first kappa shape index (κ1) is 17.2. The molecule has 0 N–H and O–H groups in total. The SMILES string of the molecule is CCCCc1ccc(C(=O)O/N=C2\CC3CCC2(C)C3(C)C)cc1. The molecule has 3 heteroatoms. The molecule has 0 radical (unpaired) electrons. The van der Waals surface area contributed by atoms with E-state index in [0.29, 0.717) is 11.5 Å². The lowest BCUT2D eigenvalue weighted by Gasteiger charge is -2.34. The molecule has 0 aromatic heterocycles. The molecule has 3 rings (SSSR count). The van der Waals surface area contributed by atoms with Crippen LogP contribution in [0, 0.1) is 16.7 Å². The Hall–Kier alpha value is -1.64. The fourth-order valence-electron chi connectivity index (χ4n) is 4.40. The van der Waals surface area contributed by atoms with Gasteiger partial charge in [0.25, 0.3) is 0 Å². The van der Waals surface area contributed by atoms with E-state index in [-0.39, 0.29) is 16.8 Å². The molecule has 0 amide bonds. The van der Waals surface area contributed by atoms with Gasteiger partial charge in [-0.15, -0.1) is 0 Å². The lowest BCUT2D eigenvalue weighted by molar-refractivity contribution is 0.0508. The lowest BCUT2D eigenvalue weighted by atomic mass is 9.70. The average Bonchev–Trinajstić information content (AvgIpc) is 2.91. The van der Waals surface area contributed by atoms with Crippen LogP contribution in [0.2, 0.25) is 0 Å². The summed E-state index contributed by atoms with van der Waals surface area (Å²) in [4.78, 5) is 17.6. The topological polar surface area (TPSA) is 38.7 Å². The Morgan fingerprint density at radius 3 is 2.50 bits per heavy atom. The predicted molar refractivity (Wildman–Crippen MR) is 97.1 cm³/mol. The van der Waals surface area contributed by atoms with Crippen LogP contribution in [-0.2, 0) is 11.3 Å². The van der Waals surface area contributed by atoms with Crippen LogP contribution in [0.1, 0.15) is 75.7 Å². The van der Waals surface area contributed by atoms with Crippen LogP contribution in [0.3, 0.4) is 0 Å². The van der Waals surface area contributed by atoms with Gasteiger partial charge in [-0.05, 0) is 61.1 Å². The summed E-state index contributed by atoms with van der Waals surface area (Å²) in [5, 5.41) is 4.29. The summed E-state index contributed by atoms with van der Waals surface area (Å²) < 4.78 is 0. The van der Waals surface area contributed by atoms with Crippen molar-refractivity contribution >= 4 is 11.7 Å². The van der Waals surface area contributed by atoms with Crippen LogP contribution in [-0.4, -0.2) is 11.7 Å². The molecule has 2 fully saturated rings. The summed E-state index contributed by atoms with van der Waals surface area (Å²) in [6.07, 6.45) is 6.78. The zero-order valence-electron chi connectivity index (χ0n) is 15.4. The second kappa shape index (κ2) is 6.34. The smallest absolute Gasteiger partial charge is 0.313 e. The summed E-state index contributed by atoms with van der Waals surface area (Å²) in [7, 11) is 0. The number of aryl methyl sites for hydroxylation is 1. The molecule has 3 nitrogen and oxygen atoms in total. The molecule has 0 spiro atoms. The van der Waals surface area contributed by atoms with Gasteiger partial charge in [0.15, 0.2) is 0 Å². The van der Waals surface area contributed by atoms with Gasteiger partial charge in [-0.25, -0.2) is 4.79 Å². The molecule has 1 aromatic rings. The third-order valence-corrected chi connectivity index (χ3v) is 6.76. The monoisotopic (exact) mass is 327 g/mol. The van der Waals surface area contributed by atoms with Crippen molar-refractivity contribution in [3.63, 3.8) is 0 Å². The fourth-order valence-corrected chi connectivity index (χ4v) is 4.40. The van der Waals surface area contributed by atoms with Crippen molar-refractivity contribution in [2.24, 2.45) is 21.9 Å². The van der Waals surface area contributed by atoms with Gasteiger partial charge in [-0.2, -0.15) is 0 Å². The van der Waals surface area contributed by atoms with E-state index >= 15 is 0 Å². The van der Waals surface area contributed by atoms with Crippen LogP contribution >= 0.6 is 0 Å². The summed E-state index contributed by atoms with van der Waals surface area (Å²) in [6, 6.07) is 7.72. The quantitative estimate of drug-likeness (QED) is 0.537. The van der Waals surface area contributed by atoms with E-state index in [0.717, 1.165) is 25.0 Å². The lowest BCUT2D eigenvalue weighted by Crippen LogP contribution is -2.32. The Morgan fingerprint density at radius 1 is 1.25 bits per heavy atom. The summed E-state index contributed by atoms with van der Waals surface area (Å²) in [5.41, 5.74) is 3.23. The van der Waals surface area contributed by atoms with Crippen LogP contribution < -0.4 is 0 Å². The molecule has 1 aromatic carbocycles. The molecule has 0 heterocycles. The molecule has 2 bridgehead atoms. The second-order valence-electron chi connectivity index (χ2n) is 8.21. The number of hydrogen-bond donors (Lipinski definition) is 0. The van der Waals surface area contributed by atoms with Crippen molar-refractivity contribution in [1.82, 2.24) is 0 Å². The van der Waals surface area contributed by atoms with E-state index in [4.69, 9.17) is 4.84 Å². The first-order chi connectivity index (χ1) is 11.4. The highest BCUT2D eigenvalue weighted by molar-refractivity contribution is 5.95. The summed E-state index contributed by atoms with van der Waals surface area (Å²) in [5.74, 6) is 0.312. The zero-order valence-corrected chi connectivity index (χ0v) is 15.4. The highest BCUT2D eigenvalue weighted by Crippen LogP contribution is 2.63. The normalized spacial score (nSPS) is 29.2. The maximum atomic E-state index is 12.3. The molecule has 0 aliphatic heterocycles. The minimum atomic E-state index is -0.353. The maximum Gasteiger partial charge on any atom is 0.365 e. The number of nitrogens with zero attached hydrogens (tertiary/aromatic N) is 1. The van der Waals surface area contributed by atoms with Crippen molar-refractivity contribution in [3.8, 4) is 0 Å². The van der Waals surface area contributed by atoms with Gasteiger partial charge in [0.1, 0.15) is 0 Å². The Morgan fingerprint density at radius 2 is 1.96 bits per heavy atom. The standard InChI is InChI=1S/C21H29NO2/c1-5-6-7-15-8-10-16(11-9-15)19(23)24-22-18-14-17-12-13-21(18,4)20(17,2)3/h8-11,17H,5-7,12-14H2,1-4H3/b22-18+. The number of rotatable bonds is 5. The van der Waals surface area contributed by atoms with Gasteiger partial charge in [0.2, 0.25) is 0 Å². The number of oxime groups is 1. The molecular weight excluding hydrogens is 298 g/mol. The molecule has 2 atom stereocenters. The van der Waals surface area contributed by atoms with Crippen molar-refractivity contribution < 1.29 is 9.63 Å². The minimum Gasteiger partial charge on any atom is -0.313 e. The van der Waals surface area contributed by atoms with Crippen molar-refractivity contribution in [2.45, 2.75) is 66.2 Å². The minimum absolute atomic E-state index is 0.0714. The molecule has 130 valence electrons. The summed E-state index contributed by atoms with van der Waals surface area (Å²) >= 11 is 0. The number of hydrogen-bond acceptors (Lipinski definition) is 3. The van der Waals surface area contributed by atoms with Gasteiger partial charge in [-0.3, -0.25) is 0 Å². The molecule has 2 unspecified atom stereocenters. The largest absolute Gasteiger partial charge is 0.365 e. The number of benzene rings is 1. The average molecular weight is 327 g/mol. The van der Waals surface area contributed by atoms with E-state index in [9.17, 15) is 4.79 Å². The van der Waals surface area contributed by atoms with Crippen LogP contribution in [0.15, 0.2) is 29.4 Å². The Balaban J connectivity index is 1.66. The first-order valence-electron chi connectivity index (χ1n) is 9.26. The Labute approximate surface area is 145 Å². The van der Waals surface area contributed by atoms with Crippen LogP contribution in [0.4, 0.5) is 0 Å². The molecule has 0 saturated heterocycles. The van der Waals surface area contributed by atoms with E-state index in [1.165, 1.54) is 24.8 Å². The fraction of sp³-hybridized carbons (Fsp3) is 0.619. The molecule has 2 aliphatic carbocycles. The zero-order chi connectivity index (χ0) is 17.4. The highest BCUT2D eigenvalue weighted by Gasteiger charge is 2.60. The highest BCUT2D eigenvalue weighted by atomic mass is 16.7.